The Morgan fingerprint density at radius 2 is 1.75 bits per heavy atom. The van der Waals surface area contributed by atoms with Gasteiger partial charge in [-0.15, -0.1) is 0 Å². The average Bonchev–Trinajstić information content (AvgIpc) is 3.12. The number of carbonyl (C=O) groups is 1. The van der Waals surface area contributed by atoms with E-state index in [0.717, 1.165) is 18.4 Å². The molecule has 1 aliphatic heterocycles. The molecule has 2 saturated carbocycles. The maximum Gasteiger partial charge on any atom is 0.149 e. The zero-order chi connectivity index (χ0) is 11.0. The number of hydrogen-bond donors (Lipinski definition) is 0. The van der Waals surface area contributed by atoms with Crippen molar-refractivity contribution in [2.45, 2.75) is 44.9 Å². The summed E-state index contributed by atoms with van der Waals surface area (Å²) in [7, 11) is 0. The molecule has 1 saturated heterocycles. The molecule has 0 N–H and O–H groups in total. The number of rotatable bonds is 3. The van der Waals surface area contributed by atoms with E-state index in [1.54, 1.807) is 0 Å². The van der Waals surface area contributed by atoms with E-state index in [9.17, 15) is 4.79 Å². The highest BCUT2D eigenvalue weighted by Gasteiger charge is 2.34. The molecular weight excluding hydrogens is 198 g/mol. The minimum atomic E-state index is 0.448. The molecule has 0 aromatic heterocycles. The van der Waals surface area contributed by atoms with Gasteiger partial charge < -0.3 is 0 Å². The third-order valence-corrected chi connectivity index (χ3v) is 4.79. The lowest BCUT2D eigenvalue weighted by atomic mass is 9.75. The van der Waals surface area contributed by atoms with Gasteiger partial charge in [-0.3, -0.25) is 9.69 Å². The van der Waals surface area contributed by atoms with E-state index in [0.29, 0.717) is 11.7 Å². The molecule has 0 spiro atoms. The molecule has 2 aliphatic carbocycles. The molecule has 0 amide bonds. The Balaban J connectivity index is 1.51. The van der Waals surface area contributed by atoms with Crippen LogP contribution in [0, 0.1) is 17.8 Å². The Kier molecular flexibility index (Phi) is 3.01. The summed E-state index contributed by atoms with van der Waals surface area (Å²) in [6, 6.07) is 0. The van der Waals surface area contributed by atoms with Gasteiger partial charge in [0.05, 0.1) is 6.54 Å². The van der Waals surface area contributed by atoms with Gasteiger partial charge in [-0.05, 0) is 44.1 Å². The molecule has 1 heterocycles. The second-order valence-electron chi connectivity index (χ2n) is 6.07. The topological polar surface area (TPSA) is 20.3 Å². The number of nitrogens with zero attached hydrogens (tertiary/aromatic N) is 1. The quantitative estimate of drug-likeness (QED) is 0.729. The minimum Gasteiger partial charge on any atom is -0.298 e. The lowest BCUT2D eigenvalue weighted by Gasteiger charge is -2.41. The molecule has 0 aromatic carbocycles. The zero-order valence-electron chi connectivity index (χ0n) is 10.2. The van der Waals surface area contributed by atoms with Gasteiger partial charge in [0, 0.05) is 12.5 Å². The van der Waals surface area contributed by atoms with Crippen LogP contribution in [0.25, 0.3) is 0 Å². The van der Waals surface area contributed by atoms with E-state index in [-0.39, 0.29) is 0 Å². The second-order valence-corrected chi connectivity index (χ2v) is 6.07. The highest BCUT2D eigenvalue weighted by atomic mass is 16.1. The van der Waals surface area contributed by atoms with Crippen LogP contribution in [0.1, 0.15) is 44.9 Å². The van der Waals surface area contributed by atoms with Crippen LogP contribution in [-0.4, -0.2) is 30.3 Å². The molecule has 0 bridgehead atoms. The summed E-state index contributed by atoms with van der Waals surface area (Å²) in [5.74, 6) is 2.87. The first-order valence-corrected chi connectivity index (χ1v) is 7.08. The average molecular weight is 221 g/mol. The maximum absolute atomic E-state index is 11.8. The van der Waals surface area contributed by atoms with Crippen LogP contribution >= 0.6 is 0 Å². The summed E-state index contributed by atoms with van der Waals surface area (Å²) in [5, 5.41) is 0. The highest BCUT2D eigenvalue weighted by molar-refractivity contribution is 5.84. The number of Topliss-reactive ketones (excluding diaryl/α,β-unsaturated/α-hetero) is 1. The lowest BCUT2D eigenvalue weighted by molar-refractivity contribution is -0.122. The van der Waals surface area contributed by atoms with Crippen molar-refractivity contribution in [2.75, 3.05) is 19.6 Å². The molecule has 90 valence electrons. The van der Waals surface area contributed by atoms with Crippen LogP contribution in [0.2, 0.25) is 0 Å². The fraction of sp³-hybridized carbons (Fsp3) is 0.929. The predicted octanol–water partition coefficient (Wildman–Crippen LogP) is 2.48. The summed E-state index contributed by atoms with van der Waals surface area (Å²) < 4.78 is 0. The van der Waals surface area contributed by atoms with Crippen LogP contribution in [0.5, 0.6) is 0 Å². The number of likely N-dealkylation sites (tertiary alicyclic amines) is 1. The third-order valence-electron chi connectivity index (χ3n) is 4.79. The fourth-order valence-corrected chi connectivity index (χ4v) is 3.57. The van der Waals surface area contributed by atoms with Crippen LogP contribution in [0.15, 0.2) is 0 Å². The van der Waals surface area contributed by atoms with Crippen molar-refractivity contribution >= 4 is 5.78 Å². The van der Waals surface area contributed by atoms with Crippen molar-refractivity contribution < 1.29 is 4.79 Å². The molecule has 3 rings (SSSR count). The predicted molar refractivity (Wildman–Crippen MR) is 64.2 cm³/mol. The molecular formula is C14H23NO. The van der Waals surface area contributed by atoms with E-state index in [1.165, 1.54) is 58.0 Å². The van der Waals surface area contributed by atoms with Crippen LogP contribution < -0.4 is 0 Å². The molecule has 2 unspecified atom stereocenters. The number of carbonyl (C=O) groups excluding carboxylic acids is 1. The molecule has 3 fully saturated rings. The first-order valence-electron chi connectivity index (χ1n) is 7.08. The van der Waals surface area contributed by atoms with Gasteiger partial charge >= 0.3 is 0 Å². The van der Waals surface area contributed by atoms with Gasteiger partial charge in [0.15, 0.2) is 0 Å². The number of piperidine rings is 1. The molecule has 0 radical (unpaired) electrons. The van der Waals surface area contributed by atoms with Crippen molar-refractivity contribution in [3.63, 3.8) is 0 Å². The van der Waals surface area contributed by atoms with Crippen LogP contribution in [0.3, 0.4) is 0 Å². The van der Waals surface area contributed by atoms with E-state index < -0.39 is 0 Å². The number of ketones is 1. The Hall–Kier alpha value is -0.370. The zero-order valence-corrected chi connectivity index (χ0v) is 10.2. The smallest absolute Gasteiger partial charge is 0.149 e. The lowest BCUT2D eigenvalue weighted by Crippen LogP contribution is -2.44. The van der Waals surface area contributed by atoms with Gasteiger partial charge in [0.1, 0.15) is 5.78 Å². The SMILES string of the molecule is O=C(CN1CCC2CCCCC2C1)C1CC1. The monoisotopic (exact) mass is 221 g/mol. The summed E-state index contributed by atoms with van der Waals surface area (Å²) in [6.45, 7) is 3.15. The Bertz CT molecular complexity index is 272. The van der Waals surface area contributed by atoms with Gasteiger partial charge in [0.2, 0.25) is 0 Å². The normalized spacial score (nSPS) is 35.8. The second kappa shape index (κ2) is 4.48. The van der Waals surface area contributed by atoms with E-state index >= 15 is 0 Å². The third kappa shape index (κ3) is 2.32. The van der Waals surface area contributed by atoms with E-state index in [1.807, 2.05) is 0 Å². The standard InChI is InChI=1S/C14H23NO/c16-14(12-5-6-12)10-15-8-7-11-3-1-2-4-13(11)9-15/h11-13H,1-10H2. The Morgan fingerprint density at radius 1 is 1.00 bits per heavy atom. The largest absolute Gasteiger partial charge is 0.298 e. The van der Waals surface area contributed by atoms with Crippen molar-refractivity contribution in [2.24, 2.45) is 17.8 Å². The van der Waals surface area contributed by atoms with E-state index in [2.05, 4.69) is 4.90 Å². The first-order chi connectivity index (χ1) is 7.83. The number of hydrogen-bond acceptors (Lipinski definition) is 2. The highest BCUT2D eigenvalue weighted by Crippen LogP contribution is 2.36. The van der Waals surface area contributed by atoms with Crippen LogP contribution in [0.4, 0.5) is 0 Å². The molecule has 16 heavy (non-hydrogen) atoms. The summed E-state index contributed by atoms with van der Waals surface area (Å²) in [4.78, 5) is 14.2. The van der Waals surface area contributed by atoms with Gasteiger partial charge in [0.25, 0.3) is 0 Å². The fourth-order valence-electron chi connectivity index (χ4n) is 3.57. The molecule has 2 atom stereocenters. The van der Waals surface area contributed by atoms with Gasteiger partial charge in [-0.25, -0.2) is 0 Å². The molecule has 3 aliphatic rings. The van der Waals surface area contributed by atoms with E-state index in [4.69, 9.17) is 0 Å². The number of fused-ring (bicyclic) bond motifs is 1. The summed E-state index contributed by atoms with van der Waals surface area (Å²) in [6.07, 6.45) is 9.42. The van der Waals surface area contributed by atoms with Crippen LogP contribution in [-0.2, 0) is 4.79 Å². The van der Waals surface area contributed by atoms with Crippen molar-refractivity contribution in [1.29, 1.82) is 0 Å². The molecule has 2 heteroatoms. The van der Waals surface area contributed by atoms with Gasteiger partial charge in [-0.2, -0.15) is 0 Å². The molecule has 0 aromatic rings. The Labute approximate surface area is 98.4 Å². The van der Waals surface area contributed by atoms with Crippen molar-refractivity contribution in [1.82, 2.24) is 4.90 Å². The van der Waals surface area contributed by atoms with Crippen molar-refractivity contribution in [3.05, 3.63) is 0 Å². The Morgan fingerprint density at radius 3 is 2.50 bits per heavy atom. The summed E-state index contributed by atoms with van der Waals surface area (Å²) >= 11 is 0. The molecule has 2 nitrogen and oxygen atoms in total. The maximum atomic E-state index is 11.8. The summed E-state index contributed by atoms with van der Waals surface area (Å²) in [5.41, 5.74) is 0. The minimum absolute atomic E-state index is 0.448. The van der Waals surface area contributed by atoms with Crippen molar-refractivity contribution in [3.8, 4) is 0 Å². The van der Waals surface area contributed by atoms with Gasteiger partial charge in [-0.1, -0.05) is 19.3 Å². The first kappa shape index (κ1) is 10.8.